The van der Waals surface area contributed by atoms with Crippen molar-refractivity contribution in [2.75, 3.05) is 5.73 Å². The number of hydrogen-bond donors (Lipinski definition) is 1. The van der Waals surface area contributed by atoms with E-state index in [1.807, 2.05) is 12.1 Å². The van der Waals surface area contributed by atoms with Crippen LogP contribution in [0.3, 0.4) is 0 Å². The van der Waals surface area contributed by atoms with E-state index in [2.05, 4.69) is 35.8 Å². The molecule has 19 heavy (non-hydrogen) atoms. The lowest BCUT2D eigenvalue weighted by molar-refractivity contribution is 0.475. The Bertz CT molecular complexity index is 599. The van der Waals surface area contributed by atoms with Crippen LogP contribution >= 0.6 is 27.5 Å². The van der Waals surface area contributed by atoms with Crippen molar-refractivity contribution in [2.24, 2.45) is 0 Å². The van der Waals surface area contributed by atoms with Crippen molar-refractivity contribution >= 4 is 33.2 Å². The van der Waals surface area contributed by atoms with Gasteiger partial charge in [0.25, 0.3) is 0 Å². The average molecular weight is 341 g/mol. The minimum absolute atomic E-state index is 0.362. The molecule has 2 rings (SSSR count). The van der Waals surface area contributed by atoms with E-state index in [0.29, 0.717) is 22.4 Å². The molecule has 2 N–H and O–H groups in total. The molecule has 4 heteroatoms. The van der Waals surface area contributed by atoms with Crippen molar-refractivity contribution in [3.8, 4) is 11.5 Å². The summed E-state index contributed by atoms with van der Waals surface area (Å²) in [6.07, 6.45) is 0. The van der Waals surface area contributed by atoms with Crippen molar-refractivity contribution in [3.63, 3.8) is 0 Å². The predicted octanol–water partition coefficient (Wildman–Crippen LogP) is 5.60. The Hall–Kier alpha value is -1.19. The van der Waals surface area contributed by atoms with E-state index in [1.165, 1.54) is 0 Å². The molecule has 100 valence electrons. The molecule has 0 fully saturated rings. The summed E-state index contributed by atoms with van der Waals surface area (Å²) in [6.45, 7) is 4.25. The zero-order valence-corrected chi connectivity index (χ0v) is 13.1. The van der Waals surface area contributed by atoms with Crippen LogP contribution < -0.4 is 10.5 Å². The Morgan fingerprint density at radius 2 is 1.79 bits per heavy atom. The topological polar surface area (TPSA) is 35.2 Å². The molecule has 0 aliphatic rings. The second kappa shape index (κ2) is 5.85. The Balaban J connectivity index is 2.38. The summed E-state index contributed by atoms with van der Waals surface area (Å²) in [5.74, 6) is 1.79. The second-order valence-electron chi connectivity index (χ2n) is 4.62. The van der Waals surface area contributed by atoms with Gasteiger partial charge in [0.2, 0.25) is 0 Å². The highest BCUT2D eigenvalue weighted by molar-refractivity contribution is 9.10. The summed E-state index contributed by atoms with van der Waals surface area (Å²) in [7, 11) is 0. The number of nitrogen functional groups attached to an aromatic ring is 1. The number of hydrogen-bond acceptors (Lipinski definition) is 2. The maximum absolute atomic E-state index is 5.91. The monoisotopic (exact) mass is 339 g/mol. The maximum atomic E-state index is 5.91. The Labute approximate surface area is 126 Å². The van der Waals surface area contributed by atoms with Gasteiger partial charge in [0, 0.05) is 9.50 Å². The molecule has 0 spiro atoms. The van der Waals surface area contributed by atoms with E-state index in [-0.39, 0.29) is 0 Å². The van der Waals surface area contributed by atoms with Crippen LogP contribution in [0, 0.1) is 0 Å². The van der Waals surface area contributed by atoms with E-state index < -0.39 is 0 Å². The van der Waals surface area contributed by atoms with Crippen molar-refractivity contribution < 1.29 is 4.74 Å². The lowest BCUT2D eigenvalue weighted by atomic mass is 10.0. The third kappa shape index (κ3) is 3.43. The fourth-order valence-corrected chi connectivity index (χ4v) is 2.35. The lowest BCUT2D eigenvalue weighted by Gasteiger charge is -2.15. The van der Waals surface area contributed by atoms with Gasteiger partial charge < -0.3 is 10.5 Å². The number of benzene rings is 2. The molecule has 0 bridgehead atoms. The SMILES string of the molecule is CC(C)c1cc(Br)ccc1Oc1ccc(Cl)cc1N. The highest BCUT2D eigenvalue weighted by Gasteiger charge is 2.11. The molecular weight excluding hydrogens is 326 g/mol. The molecule has 0 saturated heterocycles. The fourth-order valence-electron chi connectivity index (χ4n) is 1.79. The first kappa shape index (κ1) is 14.2. The highest BCUT2D eigenvalue weighted by atomic mass is 79.9. The van der Waals surface area contributed by atoms with Crippen molar-refractivity contribution in [1.82, 2.24) is 0 Å². The van der Waals surface area contributed by atoms with Crippen molar-refractivity contribution in [2.45, 2.75) is 19.8 Å². The molecule has 0 amide bonds. The third-order valence-electron chi connectivity index (χ3n) is 2.79. The van der Waals surface area contributed by atoms with E-state index in [1.54, 1.807) is 18.2 Å². The molecule has 2 aromatic carbocycles. The second-order valence-corrected chi connectivity index (χ2v) is 5.97. The zero-order valence-electron chi connectivity index (χ0n) is 10.8. The molecule has 0 radical (unpaired) electrons. The van der Waals surface area contributed by atoms with Gasteiger partial charge in [-0.1, -0.05) is 41.4 Å². The van der Waals surface area contributed by atoms with E-state index >= 15 is 0 Å². The van der Waals surface area contributed by atoms with Crippen LogP contribution in [0.5, 0.6) is 11.5 Å². The van der Waals surface area contributed by atoms with Crippen LogP contribution in [-0.2, 0) is 0 Å². The number of rotatable bonds is 3. The highest BCUT2D eigenvalue weighted by Crippen LogP contribution is 2.35. The van der Waals surface area contributed by atoms with Crippen LogP contribution in [0.15, 0.2) is 40.9 Å². The van der Waals surface area contributed by atoms with Gasteiger partial charge in [-0.2, -0.15) is 0 Å². The third-order valence-corrected chi connectivity index (χ3v) is 3.51. The van der Waals surface area contributed by atoms with Gasteiger partial charge in [0.05, 0.1) is 5.69 Å². The Morgan fingerprint density at radius 3 is 2.42 bits per heavy atom. The maximum Gasteiger partial charge on any atom is 0.150 e. The van der Waals surface area contributed by atoms with Crippen LogP contribution in [-0.4, -0.2) is 0 Å². The number of anilines is 1. The molecule has 0 atom stereocenters. The molecular formula is C15H15BrClNO. The van der Waals surface area contributed by atoms with Crippen LogP contribution in [0.25, 0.3) is 0 Å². The van der Waals surface area contributed by atoms with Crippen molar-refractivity contribution in [1.29, 1.82) is 0 Å². The Morgan fingerprint density at radius 1 is 1.11 bits per heavy atom. The summed E-state index contributed by atoms with van der Waals surface area (Å²) < 4.78 is 6.94. The lowest BCUT2D eigenvalue weighted by Crippen LogP contribution is -1.96. The fraction of sp³-hybridized carbons (Fsp3) is 0.200. The number of ether oxygens (including phenoxy) is 1. The molecule has 2 aromatic rings. The summed E-state index contributed by atoms with van der Waals surface area (Å²) >= 11 is 9.36. The summed E-state index contributed by atoms with van der Waals surface area (Å²) in [6, 6.07) is 11.2. The largest absolute Gasteiger partial charge is 0.455 e. The molecule has 0 unspecified atom stereocenters. The van der Waals surface area contributed by atoms with Gasteiger partial charge in [-0.15, -0.1) is 0 Å². The predicted molar refractivity (Wildman–Crippen MR) is 84.2 cm³/mol. The van der Waals surface area contributed by atoms with Crippen LogP contribution in [0.2, 0.25) is 5.02 Å². The Kier molecular flexibility index (Phi) is 4.38. The van der Waals surface area contributed by atoms with Crippen LogP contribution in [0.4, 0.5) is 5.69 Å². The van der Waals surface area contributed by atoms with Crippen molar-refractivity contribution in [3.05, 3.63) is 51.5 Å². The minimum atomic E-state index is 0.362. The molecule has 0 saturated carbocycles. The molecule has 0 aliphatic heterocycles. The normalized spacial score (nSPS) is 10.8. The number of halogens is 2. The first-order valence-electron chi connectivity index (χ1n) is 5.99. The van der Waals surface area contributed by atoms with Gasteiger partial charge in [0.1, 0.15) is 11.5 Å². The van der Waals surface area contributed by atoms with E-state index in [0.717, 1.165) is 15.8 Å². The summed E-state index contributed by atoms with van der Waals surface area (Å²) in [5.41, 5.74) is 7.57. The van der Waals surface area contributed by atoms with Gasteiger partial charge in [-0.25, -0.2) is 0 Å². The average Bonchev–Trinajstić information content (AvgIpc) is 2.34. The summed E-state index contributed by atoms with van der Waals surface area (Å²) in [5, 5.41) is 0.602. The first-order chi connectivity index (χ1) is 8.97. The van der Waals surface area contributed by atoms with E-state index in [9.17, 15) is 0 Å². The van der Waals surface area contributed by atoms with Crippen LogP contribution in [0.1, 0.15) is 25.3 Å². The molecule has 2 nitrogen and oxygen atoms in total. The quantitative estimate of drug-likeness (QED) is 0.738. The van der Waals surface area contributed by atoms with Gasteiger partial charge in [0.15, 0.2) is 0 Å². The molecule has 0 aliphatic carbocycles. The smallest absolute Gasteiger partial charge is 0.150 e. The van der Waals surface area contributed by atoms with Gasteiger partial charge in [-0.3, -0.25) is 0 Å². The van der Waals surface area contributed by atoms with Gasteiger partial charge >= 0.3 is 0 Å². The zero-order chi connectivity index (χ0) is 14.0. The molecule has 0 heterocycles. The number of nitrogens with two attached hydrogens (primary N) is 1. The first-order valence-corrected chi connectivity index (χ1v) is 7.17. The summed E-state index contributed by atoms with van der Waals surface area (Å²) in [4.78, 5) is 0. The molecule has 0 aromatic heterocycles. The minimum Gasteiger partial charge on any atom is -0.455 e. The van der Waals surface area contributed by atoms with Gasteiger partial charge in [-0.05, 0) is 47.9 Å². The van der Waals surface area contributed by atoms with E-state index in [4.69, 9.17) is 22.1 Å². The standard InChI is InChI=1S/C15H15BrClNO/c1-9(2)12-7-10(16)3-5-14(12)19-15-6-4-11(17)8-13(15)18/h3-9H,18H2,1-2H3.